The van der Waals surface area contributed by atoms with E-state index in [1.165, 1.54) is 31.4 Å². The van der Waals surface area contributed by atoms with Crippen LogP contribution in [0, 0.1) is 13.8 Å². The Morgan fingerprint density at radius 1 is 1.28 bits per heavy atom. The molecular formula is C22H28N4OS2. The van der Waals surface area contributed by atoms with Crippen LogP contribution in [0.5, 0.6) is 0 Å². The maximum atomic E-state index is 12.9. The van der Waals surface area contributed by atoms with Crippen molar-refractivity contribution in [3.05, 3.63) is 40.7 Å². The summed E-state index contributed by atoms with van der Waals surface area (Å²) < 4.78 is 3.53. The number of thiazole rings is 1. The number of fused-ring (bicyclic) bond motifs is 1. The van der Waals surface area contributed by atoms with Crippen molar-refractivity contribution in [2.45, 2.75) is 63.7 Å². The van der Waals surface area contributed by atoms with E-state index in [0.29, 0.717) is 11.8 Å². The number of hydrogen-bond acceptors (Lipinski definition) is 5. The molecule has 1 fully saturated rings. The van der Waals surface area contributed by atoms with Gasteiger partial charge in [-0.15, -0.1) is 11.3 Å². The quantitative estimate of drug-likeness (QED) is 0.484. The monoisotopic (exact) mass is 428 g/mol. The van der Waals surface area contributed by atoms with Gasteiger partial charge in [0, 0.05) is 18.8 Å². The Kier molecular flexibility index (Phi) is 5.97. The maximum absolute atomic E-state index is 12.9. The zero-order valence-corrected chi connectivity index (χ0v) is 19.1. The Morgan fingerprint density at radius 2 is 2.00 bits per heavy atom. The fourth-order valence-corrected chi connectivity index (χ4v) is 6.11. The average Bonchev–Trinajstić information content (AvgIpc) is 3.44. The van der Waals surface area contributed by atoms with Crippen molar-refractivity contribution in [3.8, 4) is 0 Å². The van der Waals surface area contributed by atoms with Gasteiger partial charge in [0.25, 0.3) is 0 Å². The Morgan fingerprint density at radius 3 is 2.72 bits per heavy atom. The first-order valence-electron chi connectivity index (χ1n) is 10.2. The smallest absolute Gasteiger partial charge is 0.233 e. The average molecular weight is 429 g/mol. The van der Waals surface area contributed by atoms with E-state index < -0.39 is 0 Å². The molecule has 1 aliphatic carbocycles. The molecule has 1 aliphatic rings. The molecule has 0 spiro atoms. The first-order chi connectivity index (χ1) is 14.0. The number of para-hydroxylation sites is 1. The topological polar surface area (TPSA) is 51.0 Å². The highest BCUT2D eigenvalue weighted by Crippen LogP contribution is 2.35. The highest BCUT2D eigenvalue weighted by Gasteiger charge is 2.25. The van der Waals surface area contributed by atoms with E-state index in [4.69, 9.17) is 9.97 Å². The lowest BCUT2D eigenvalue weighted by atomic mass is 10.2. The number of benzene rings is 1. The molecule has 1 saturated carbocycles. The van der Waals surface area contributed by atoms with Crippen molar-refractivity contribution in [1.82, 2.24) is 19.4 Å². The van der Waals surface area contributed by atoms with E-state index in [1.54, 1.807) is 23.1 Å². The van der Waals surface area contributed by atoms with Crippen molar-refractivity contribution < 1.29 is 4.79 Å². The third kappa shape index (κ3) is 4.08. The molecule has 1 atom stereocenters. The lowest BCUT2D eigenvalue weighted by Gasteiger charge is -2.23. The Hall–Kier alpha value is -1.86. The van der Waals surface area contributed by atoms with Crippen molar-refractivity contribution in [2.75, 3.05) is 12.8 Å². The molecule has 29 heavy (non-hydrogen) atoms. The normalized spacial score (nSPS) is 15.9. The van der Waals surface area contributed by atoms with E-state index in [2.05, 4.69) is 24.5 Å². The molecule has 1 amide bonds. The number of thioether (sulfide) groups is 1. The fourth-order valence-electron chi connectivity index (χ4n) is 3.97. The Bertz CT molecular complexity index is 986. The number of hydrogen-bond donors (Lipinski definition) is 0. The minimum Gasteiger partial charge on any atom is -0.336 e. The number of aryl methyl sites for hydroxylation is 1. The summed E-state index contributed by atoms with van der Waals surface area (Å²) in [6.07, 6.45) is 5.00. The maximum Gasteiger partial charge on any atom is 0.233 e. The fraction of sp³-hybridized carbons (Fsp3) is 0.500. The molecule has 0 unspecified atom stereocenters. The number of amides is 1. The zero-order valence-electron chi connectivity index (χ0n) is 17.5. The molecular weight excluding hydrogens is 400 g/mol. The van der Waals surface area contributed by atoms with Crippen LogP contribution in [0.2, 0.25) is 0 Å². The number of carbonyl (C=O) groups is 1. The van der Waals surface area contributed by atoms with Crippen molar-refractivity contribution in [3.63, 3.8) is 0 Å². The molecule has 3 aromatic rings. The van der Waals surface area contributed by atoms with Crippen molar-refractivity contribution >= 4 is 39.2 Å². The third-order valence-corrected chi connectivity index (χ3v) is 8.16. The summed E-state index contributed by atoms with van der Waals surface area (Å²) in [5, 5.41) is 1.97. The van der Waals surface area contributed by atoms with Gasteiger partial charge in [0.1, 0.15) is 5.01 Å². The third-order valence-electron chi connectivity index (χ3n) is 6.01. The molecule has 0 bridgehead atoms. The summed E-state index contributed by atoms with van der Waals surface area (Å²) in [6, 6.07) is 8.61. The minimum absolute atomic E-state index is 0.0430. The Balaban J connectivity index is 1.45. The summed E-state index contributed by atoms with van der Waals surface area (Å²) in [7, 11) is 1.87. The summed E-state index contributed by atoms with van der Waals surface area (Å²) in [5.41, 5.74) is 3.31. The second-order valence-corrected chi connectivity index (χ2v) is 9.87. The van der Waals surface area contributed by atoms with Crippen molar-refractivity contribution in [2.24, 2.45) is 0 Å². The predicted molar refractivity (Wildman–Crippen MR) is 121 cm³/mol. The van der Waals surface area contributed by atoms with E-state index in [9.17, 15) is 4.79 Å². The highest BCUT2D eigenvalue weighted by atomic mass is 32.2. The van der Waals surface area contributed by atoms with E-state index in [0.717, 1.165) is 26.1 Å². The van der Waals surface area contributed by atoms with Crippen LogP contribution in [0.15, 0.2) is 29.4 Å². The van der Waals surface area contributed by atoms with Gasteiger partial charge in [-0.1, -0.05) is 36.7 Å². The number of carbonyl (C=O) groups excluding carboxylic acids is 1. The Labute approximate surface area is 180 Å². The van der Waals surface area contributed by atoms with Crippen LogP contribution in [0.25, 0.3) is 10.2 Å². The molecule has 2 heterocycles. The van der Waals surface area contributed by atoms with Gasteiger partial charge in [0.2, 0.25) is 5.91 Å². The lowest BCUT2D eigenvalue weighted by molar-refractivity contribution is -0.128. The highest BCUT2D eigenvalue weighted by molar-refractivity contribution is 7.99. The second-order valence-electron chi connectivity index (χ2n) is 7.86. The number of imidazole rings is 1. The molecule has 0 radical (unpaired) electrons. The van der Waals surface area contributed by atoms with Crippen LogP contribution in [0.4, 0.5) is 0 Å². The van der Waals surface area contributed by atoms with E-state index in [1.807, 2.05) is 37.1 Å². The van der Waals surface area contributed by atoms with Crippen LogP contribution in [0.3, 0.4) is 0 Å². The van der Waals surface area contributed by atoms with Crippen LogP contribution in [0.1, 0.15) is 61.1 Å². The van der Waals surface area contributed by atoms with Gasteiger partial charge in [-0.25, -0.2) is 9.97 Å². The molecule has 4 rings (SSSR count). The van der Waals surface area contributed by atoms with Crippen LogP contribution in [-0.4, -0.2) is 38.1 Å². The molecule has 0 N–H and O–H groups in total. The summed E-state index contributed by atoms with van der Waals surface area (Å²) in [6.45, 7) is 6.26. The SMILES string of the molecule is Cc1nc(SCC(=O)N(C)[C@H](C)c2nc3ccccc3s2)n(C2CCCC2)c1C. The van der Waals surface area contributed by atoms with Gasteiger partial charge in [-0.05, 0) is 45.7 Å². The summed E-state index contributed by atoms with van der Waals surface area (Å²) >= 11 is 3.23. The molecule has 5 nitrogen and oxygen atoms in total. The van der Waals surface area contributed by atoms with Gasteiger partial charge < -0.3 is 9.47 Å². The van der Waals surface area contributed by atoms with E-state index >= 15 is 0 Å². The molecule has 0 aliphatic heterocycles. The molecule has 1 aromatic carbocycles. The molecule has 154 valence electrons. The molecule has 2 aromatic heterocycles. The zero-order chi connectivity index (χ0) is 20.5. The first-order valence-corrected chi connectivity index (χ1v) is 12.0. The largest absolute Gasteiger partial charge is 0.336 e. The van der Waals surface area contributed by atoms with Crippen LogP contribution >= 0.6 is 23.1 Å². The van der Waals surface area contributed by atoms with Crippen molar-refractivity contribution in [1.29, 1.82) is 0 Å². The second kappa shape index (κ2) is 8.48. The predicted octanol–water partition coefficient (Wildman–Crippen LogP) is 5.54. The number of nitrogens with zero attached hydrogens (tertiary/aromatic N) is 4. The number of rotatable bonds is 6. The van der Waals surface area contributed by atoms with Crippen LogP contribution in [-0.2, 0) is 4.79 Å². The van der Waals surface area contributed by atoms with Gasteiger partial charge >= 0.3 is 0 Å². The molecule has 7 heteroatoms. The van der Waals surface area contributed by atoms with Gasteiger partial charge in [0.15, 0.2) is 5.16 Å². The van der Waals surface area contributed by atoms with E-state index in [-0.39, 0.29) is 11.9 Å². The van der Waals surface area contributed by atoms with Crippen LogP contribution < -0.4 is 0 Å². The van der Waals surface area contributed by atoms with Gasteiger partial charge in [-0.2, -0.15) is 0 Å². The molecule has 0 saturated heterocycles. The lowest BCUT2D eigenvalue weighted by Crippen LogP contribution is -2.31. The summed E-state index contributed by atoms with van der Waals surface area (Å²) in [5.74, 6) is 0.506. The van der Waals surface area contributed by atoms with Gasteiger partial charge in [-0.3, -0.25) is 4.79 Å². The number of aromatic nitrogens is 3. The minimum atomic E-state index is -0.0430. The van der Waals surface area contributed by atoms with Gasteiger partial charge in [0.05, 0.1) is 27.7 Å². The summed E-state index contributed by atoms with van der Waals surface area (Å²) in [4.78, 5) is 24.2. The standard InChI is InChI=1S/C22H28N4OS2/c1-14-15(2)26(17-9-5-6-10-17)22(23-14)28-13-20(27)25(4)16(3)21-24-18-11-7-8-12-19(18)29-21/h7-8,11-12,16-17H,5-6,9-10,13H2,1-4H3/t16-/m1/s1. The first kappa shape index (κ1) is 20.4.